The van der Waals surface area contributed by atoms with Gasteiger partial charge >= 0.3 is 12.7 Å². The zero-order valence-corrected chi connectivity index (χ0v) is 28.2. The number of hydrogen-bond donors (Lipinski definition) is 2. The van der Waals surface area contributed by atoms with Crippen LogP contribution in [0.4, 0.5) is 31.5 Å². The van der Waals surface area contributed by atoms with Crippen LogP contribution in [0.25, 0.3) is 0 Å². The number of aromatic nitrogens is 1. The van der Waals surface area contributed by atoms with Crippen molar-refractivity contribution < 1.29 is 57.4 Å². The third kappa shape index (κ3) is 13.5. The number of halogens is 7. The van der Waals surface area contributed by atoms with E-state index in [1.165, 1.54) is 17.5 Å². The number of anilines is 1. The second-order valence-electron chi connectivity index (χ2n) is 9.68. The van der Waals surface area contributed by atoms with Crippen LogP contribution >= 0.6 is 22.0 Å². The number of hydrogen-bond acceptors (Lipinski definition) is 10. The van der Waals surface area contributed by atoms with Crippen molar-refractivity contribution in [1.82, 2.24) is 9.71 Å². The van der Waals surface area contributed by atoms with Gasteiger partial charge in [0.1, 0.15) is 11.5 Å². The van der Waals surface area contributed by atoms with Gasteiger partial charge in [0.2, 0.25) is 15.8 Å². The van der Waals surface area contributed by atoms with Crippen LogP contribution in [0.2, 0.25) is 0 Å². The highest BCUT2D eigenvalue weighted by atomic mass is 35.7. The molecule has 0 radical (unpaired) electrons. The minimum atomic E-state index is -4.84. The lowest BCUT2D eigenvalue weighted by atomic mass is 10.0. The largest absolute Gasteiger partial charge is 0.573 e. The van der Waals surface area contributed by atoms with Gasteiger partial charge in [0.05, 0.1) is 20.9 Å². The van der Waals surface area contributed by atoms with E-state index >= 15 is 0 Å². The molecule has 0 saturated heterocycles. The summed E-state index contributed by atoms with van der Waals surface area (Å²) in [5, 5.41) is 3.71. The SMILES string of the molecule is Cc1ccccc1C(=O)c1cnc(NCCCCNS(=O)(=O)c2ccc(OC(F)(F)F)cc2)s1.O=S(=O)(Cl)c1ccc(OC(F)(F)F)cc1. The monoisotopic (exact) mass is 773 g/mol. The summed E-state index contributed by atoms with van der Waals surface area (Å²) < 4.78 is 127. The standard InChI is InChI=1S/C22H22F3N3O4S2.C7H4ClF3O3S/c1-15-6-2-3-7-18(15)20(29)19-14-27-21(33-19)26-12-4-5-13-28-34(30,31)17-10-8-16(9-11-17)32-22(23,24)25;8-15(12,13)6-3-1-5(2-4-6)14-7(9,10)11/h2-3,6-11,14,28H,4-5,12-13H2,1H3,(H,26,27);1-4H. The number of nitrogens with one attached hydrogen (secondary N) is 2. The fourth-order valence-electron chi connectivity index (χ4n) is 3.78. The first-order valence-corrected chi connectivity index (χ1v) is 18.3. The quantitative estimate of drug-likeness (QED) is 0.0622. The van der Waals surface area contributed by atoms with Gasteiger partial charge in [-0.05, 0) is 73.9 Å². The molecule has 0 aliphatic rings. The van der Waals surface area contributed by atoms with E-state index in [1.807, 2.05) is 25.1 Å². The first kappa shape index (κ1) is 39.5. The Kier molecular flexibility index (Phi) is 13.4. The van der Waals surface area contributed by atoms with E-state index in [0.717, 1.165) is 54.1 Å². The highest BCUT2D eigenvalue weighted by Crippen LogP contribution is 2.26. The fraction of sp³-hybridized carbons (Fsp3) is 0.241. The lowest BCUT2D eigenvalue weighted by Gasteiger charge is -2.10. The number of rotatable bonds is 13. The molecule has 0 atom stereocenters. The Morgan fingerprint density at radius 3 is 1.82 bits per heavy atom. The van der Waals surface area contributed by atoms with Crippen molar-refractivity contribution in [2.45, 2.75) is 42.3 Å². The number of unbranched alkanes of at least 4 members (excludes halogenated alkanes) is 1. The Balaban J connectivity index is 0.000000362. The Bertz CT molecular complexity index is 1920. The summed E-state index contributed by atoms with van der Waals surface area (Å²) in [6.45, 7) is 2.55. The second kappa shape index (κ2) is 16.7. The Labute approximate surface area is 285 Å². The Morgan fingerprint density at radius 2 is 1.31 bits per heavy atom. The zero-order chi connectivity index (χ0) is 36.5. The summed E-state index contributed by atoms with van der Waals surface area (Å²) in [7, 11) is -2.83. The molecule has 0 fully saturated rings. The van der Waals surface area contributed by atoms with Gasteiger partial charge in [-0.2, -0.15) is 0 Å². The van der Waals surface area contributed by atoms with Gasteiger partial charge in [0, 0.05) is 29.3 Å². The van der Waals surface area contributed by atoms with Crippen LogP contribution in [0.3, 0.4) is 0 Å². The number of benzene rings is 3. The number of carbonyl (C=O) groups excluding carboxylic acids is 1. The molecule has 2 N–H and O–H groups in total. The van der Waals surface area contributed by atoms with E-state index in [4.69, 9.17) is 10.7 Å². The molecule has 0 bridgehead atoms. The molecule has 0 amide bonds. The summed E-state index contributed by atoms with van der Waals surface area (Å²) in [4.78, 5) is 16.9. The molecular formula is C29H26ClF6N3O7S3. The molecule has 0 aliphatic carbocycles. The average molecular weight is 774 g/mol. The van der Waals surface area contributed by atoms with E-state index in [2.05, 4.69) is 24.5 Å². The fourth-order valence-corrected chi connectivity index (χ4v) is 6.42. The number of carbonyl (C=O) groups is 1. The van der Waals surface area contributed by atoms with Gasteiger partial charge in [-0.3, -0.25) is 4.79 Å². The van der Waals surface area contributed by atoms with Crippen LogP contribution in [0.1, 0.15) is 33.6 Å². The molecule has 0 unspecified atom stereocenters. The van der Waals surface area contributed by atoms with Crippen LogP contribution in [-0.2, 0) is 19.1 Å². The van der Waals surface area contributed by atoms with E-state index in [-0.39, 0.29) is 22.1 Å². The van der Waals surface area contributed by atoms with Gasteiger partial charge in [-0.25, -0.2) is 26.5 Å². The second-order valence-corrected chi connectivity index (χ2v) is 15.0. The predicted molar refractivity (Wildman–Crippen MR) is 169 cm³/mol. The number of sulfonamides is 1. The van der Waals surface area contributed by atoms with Gasteiger partial charge in [-0.1, -0.05) is 35.6 Å². The maximum atomic E-state index is 12.6. The van der Waals surface area contributed by atoms with Crippen LogP contribution in [-0.4, -0.2) is 53.4 Å². The molecule has 0 saturated carbocycles. The molecule has 49 heavy (non-hydrogen) atoms. The molecule has 4 aromatic rings. The third-order valence-electron chi connectivity index (χ3n) is 6.00. The van der Waals surface area contributed by atoms with Crippen molar-refractivity contribution in [2.75, 3.05) is 18.4 Å². The molecular weight excluding hydrogens is 748 g/mol. The minimum Gasteiger partial charge on any atom is -0.406 e. The molecule has 1 heterocycles. The average Bonchev–Trinajstić information content (AvgIpc) is 3.47. The molecule has 20 heteroatoms. The lowest BCUT2D eigenvalue weighted by Crippen LogP contribution is -2.25. The van der Waals surface area contributed by atoms with Crippen LogP contribution in [0.5, 0.6) is 11.5 Å². The number of ketones is 1. The van der Waals surface area contributed by atoms with E-state index in [9.17, 15) is 48.0 Å². The number of nitrogens with zero attached hydrogens (tertiary/aromatic N) is 1. The molecule has 1 aromatic heterocycles. The van der Waals surface area contributed by atoms with Crippen LogP contribution in [0.15, 0.2) is 88.8 Å². The maximum Gasteiger partial charge on any atom is 0.573 e. The summed E-state index contributed by atoms with van der Waals surface area (Å²) in [6.07, 6.45) is -6.98. The first-order valence-electron chi connectivity index (χ1n) is 13.7. The predicted octanol–water partition coefficient (Wildman–Crippen LogP) is 7.26. The van der Waals surface area contributed by atoms with Gasteiger partial charge in [-0.15, -0.1) is 26.3 Å². The van der Waals surface area contributed by atoms with Crippen LogP contribution in [0, 0.1) is 6.92 Å². The molecule has 10 nitrogen and oxygen atoms in total. The maximum absolute atomic E-state index is 12.6. The Hall–Kier alpha value is -3.91. The topological polar surface area (TPSA) is 141 Å². The molecule has 266 valence electrons. The molecule has 0 spiro atoms. The smallest absolute Gasteiger partial charge is 0.406 e. The first-order chi connectivity index (χ1) is 22.7. The normalized spacial score (nSPS) is 12.1. The highest BCUT2D eigenvalue weighted by Gasteiger charge is 2.32. The van der Waals surface area contributed by atoms with Gasteiger partial charge in [0.25, 0.3) is 9.05 Å². The van der Waals surface area contributed by atoms with E-state index < -0.39 is 43.3 Å². The van der Waals surface area contributed by atoms with Gasteiger partial charge < -0.3 is 14.8 Å². The number of ether oxygens (including phenoxy) is 2. The molecule has 4 rings (SSSR count). The van der Waals surface area contributed by atoms with E-state index in [1.54, 1.807) is 6.07 Å². The Morgan fingerprint density at radius 1 is 0.796 bits per heavy atom. The number of aryl methyl sites for hydroxylation is 1. The summed E-state index contributed by atoms with van der Waals surface area (Å²) in [6, 6.07) is 14.9. The minimum absolute atomic E-state index is 0.0870. The van der Waals surface area contributed by atoms with Gasteiger partial charge in [0.15, 0.2) is 5.13 Å². The third-order valence-corrected chi connectivity index (χ3v) is 9.80. The summed E-state index contributed by atoms with van der Waals surface area (Å²) in [5.74, 6) is -1.09. The summed E-state index contributed by atoms with van der Waals surface area (Å²) in [5.41, 5.74) is 1.52. The van der Waals surface area contributed by atoms with Crippen molar-refractivity contribution in [3.8, 4) is 11.5 Å². The summed E-state index contributed by atoms with van der Waals surface area (Å²) >= 11 is 1.25. The van der Waals surface area contributed by atoms with E-state index in [0.29, 0.717) is 35.0 Å². The van der Waals surface area contributed by atoms with Crippen molar-refractivity contribution in [3.05, 3.63) is 95.0 Å². The van der Waals surface area contributed by atoms with Crippen LogP contribution < -0.4 is 19.5 Å². The lowest BCUT2D eigenvalue weighted by molar-refractivity contribution is -0.275. The number of thiazole rings is 1. The zero-order valence-electron chi connectivity index (χ0n) is 25.0. The molecule has 0 aliphatic heterocycles. The number of alkyl halides is 6. The van der Waals surface area contributed by atoms with Crippen molar-refractivity contribution in [3.63, 3.8) is 0 Å². The highest BCUT2D eigenvalue weighted by molar-refractivity contribution is 8.13. The van der Waals surface area contributed by atoms with Crippen molar-refractivity contribution in [1.29, 1.82) is 0 Å². The van der Waals surface area contributed by atoms with Crippen molar-refractivity contribution in [2.24, 2.45) is 0 Å². The van der Waals surface area contributed by atoms with Crippen molar-refractivity contribution >= 4 is 52.0 Å². The molecule has 3 aromatic carbocycles.